The van der Waals surface area contributed by atoms with E-state index in [2.05, 4.69) is 10.6 Å². The summed E-state index contributed by atoms with van der Waals surface area (Å²) in [4.78, 5) is 12.7. The zero-order valence-electron chi connectivity index (χ0n) is 16.9. The normalized spacial score (nSPS) is 16.2. The average molecular weight is 418 g/mol. The quantitative estimate of drug-likeness (QED) is 0.755. The molecule has 3 rings (SSSR count). The minimum atomic E-state index is -3.61. The van der Waals surface area contributed by atoms with E-state index in [4.69, 9.17) is 4.74 Å². The number of morpholine rings is 1. The number of amides is 1. The monoisotopic (exact) mass is 417 g/mol. The number of sulfonamides is 1. The topological polar surface area (TPSA) is 87.7 Å². The van der Waals surface area contributed by atoms with Crippen LogP contribution in [0.15, 0.2) is 47.4 Å². The third kappa shape index (κ3) is 5.14. The molecule has 1 atom stereocenters. The van der Waals surface area contributed by atoms with Crippen LogP contribution in [0.5, 0.6) is 0 Å². The molecule has 1 amide bonds. The molecule has 0 saturated carbocycles. The van der Waals surface area contributed by atoms with Crippen molar-refractivity contribution in [2.24, 2.45) is 0 Å². The summed E-state index contributed by atoms with van der Waals surface area (Å²) in [5.74, 6) is -0.246. The highest BCUT2D eigenvalue weighted by atomic mass is 32.2. The molecule has 0 aliphatic carbocycles. The number of ether oxygens (including phenoxy) is 1. The molecule has 8 heteroatoms. The maximum absolute atomic E-state index is 12.8. The summed E-state index contributed by atoms with van der Waals surface area (Å²) in [6, 6.07) is 11.8. The van der Waals surface area contributed by atoms with Gasteiger partial charge in [0, 0.05) is 24.5 Å². The van der Waals surface area contributed by atoms with E-state index >= 15 is 0 Å². The maximum Gasteiger partial charge on any atom is 0.246 e. The van der Waals surface area contributed by atoms with Crippen LogP contribution < -0.4 is 10.6 Å². The number of carbonyl (C=O) groups is 1. The van der Waals surface area contributed by atoms with Crippen LogP contribution in [-0.4, -0.2) is 51.0 Å². The highest BCUT2D eigenvalue weighted by Crippen LogP contribution is 2.21. The van der Waals surface area contributed by atoms with Crippen LogP contribution in [0, 0.1) is 13.8 Å². The molecule has 2 aromatic carbocycles. The third-order valence-electron chi connectivity index (χ3n) is 4.99. The molecule has 7 nitrogen and oxygen atoms in total. The van der Waals surface area contributed by atoms with Crippen LogP contribution in [-0.2, 0) is 19.6 Å². The van der Waals surface area contributed by atoms with Crippen molar-refractivity contribution in [3.63, 3.8) is 0 Å². The number of nitrogens with one attached hydrogen (secondary N) is 2. The Morgan fingerprint density at radius 2 is 1.76 bits per heavy atom. The van der Waals surface area contributed by atoms with Gasteiger partial charge >= 0.3 is 0 Å². The standard InChI is InChI=1S/C21H27N3O4S/c1-15-7-8-19(13-16(15)2)22-17(3)21(25)23-18-5-4-6-20(14-18)29(26,27)24-9-11-28-12-10-24/h4-8,13-14,17,22H,9-12H2,1-3H3,(H,23,25)/t17-/m1/s1. The van der Waals surface area contributed by atoms with E-state index in [0.717, 1.165) is 11.3 Å². The average Bonchev–Trinajstić information content (AvgIpc) is 2.71. The number of hydrogen-bond donors (Lipinski definition) is 2. The number of rotatable bonds is 6. The molecule has 2 N–H and O–H groups in total. The van der Waals surface area contributed by atoms with Crippen molar-refractivity contribution in [2.75, 3.05) is 36.9 Å². The van der Waals surface area contributed by atoms with Gasteiger partial charge in [0.25, 0.3) is 0 Å². The summed E-state index contributed by atoms with van der Waals surface area (Å²) in [6.45, 7) is 7.25. The fourth-order valence-corrected chi connectivity index (χ4v) is 4.52. The van der Waals surface area contributed by atoms with Crippen LogP contribution >= 0.6 is 0 Å². The first-order valence-electron chi connectivity index (χ1n) is 9.60. The van der Waals surface area contributed by atoms with Gasteiger partial charge in [-0.1, -0.05) is 12.1 Å². The molecule has 2 aromatic rings. The second-order valence-electron chi connectivity index (χ2n) is 7.20. The van der Waals surface area contributed by atoms with Gasteiger partial charge < -0.3 is 15.4 Å². The van der Waals surface area contributed by atoms with Gasteiger partial charge in [0.15, 0.2) is 0 Å². The van der Waals surface area contributed by atoms with Crippen LogP contribution in [0.3, 0.4) is 0 Å². The van der Waals surface area contributed by atoms with E-state index in [9.17, 15) is 13.2 Å². The molecule has 1 heterocycles. The Kier molecular flexibility index (Phi) is 6.56. The Balaban J connectivity index is 1.68. The lowest BCUT2D eigenvalue weighted by Gasteiger charge is -2.26. The van der Waals surface area contributed by atoms with Gasteiger partial charge in [0.05, 0.1) is 18.1 Å². The molecule has 1 fully saturated rings. The Bertz CT molecular complexity index is 985. The molecule has 0 spiro atoms. The summed E-state index contributed by atoms with van der Waals surface area (Å²) in [5.41, 5.74) is 3.63. The van der Waals surface area contributed by atoms with Crippen molar-refractivity contribution < 1.29 is 17.9 Å². The Morgan fingerprint density at radius 3 is 2.45 bits per heavy atom. The van der Waals surface area contributed by atoms with Gasteiger partial charge in [-0.05, 0) is 62.2 Å². The predicted octanol–water partition coefficient (Wildman–Crippen LogP) is 2.76. The molecule has 29 heavy (non-hydrogen) atoms. The van der Waals surface area contributed by atoms with Gasteiger partial charge in [-0.3, -0.25) is 4.79 Å². The largest absolute Gasteiger partial charge is 0.379 e. The zero-order chi connectivity index (χ0) is 21.0. The van der Waals surface area contributed by atoms with Crippen LogP contribution in [0.1, 0.15) is 18.1 Å². The summed E-state index contributed by atoms with van der Waals surface area (Å²) < 4.78 is 32.2. The Labute approximate surface area is 172 Å². The first-order chi connectivity index (χ1) is 13.8. The van der Waals surface area contributed by atoms with E-state index < -0.39 is 16.1 Å². The maximum atomic E-state index is 12.8. The van der Waals surface area contributed by atoms with Crippen LogP contribution in [0.4, 0.5) is 11.4 Å². The first-order valence-corrected chi connectivity index (χ1v) is 11.0. The van der Waals surface area contributed by atoms with E-state index in [-0.39, 0.29) is 10.8 Å². The molecule has 0 aromatic heterocycles. The molecule has 1 aliphatic heterocycles. The predicted molar refractivity (Wildman–Crippen MR) is 114 cm³/mol. The highest BCUT2D eigenvalue weighted by molar-refractivity contribution is 7.89. The zero-order valence-corrected chi connectivity index (χ0v) is 17.8. The second kappa shape index (κ2) is 8.94. The summed E-state index contributed by atoms with van der Waals surface area (Å²) >= 11 is 0. The fourth-order valence-electron chi connectivity index (χ4n) is 3.07. The van der Waals surface area contributed by atoms with E-state index in [1.807, 2.05) is 32.0 Å². The second-order valence-corrected chi connectivity index (χ2v) is 9.14. The van der Waals surface area contributed by atoms with E-state index in [1.165, 1.54) is 22.0 Å². The smallest absolute Gasteiger partial charge is 0.246 e. The van der Waals surface area contributed by atoms with Crippen molar-refractivity contribution in [1.82, 2.24) is 4.31 Å². The number of benzene rings is 2. The number of hydrogen-bond acceptors (Lipinski definition) is 5. The van der Waals surface area contributed by atoms with E-state index in [1.54, 1.807) is 19.1 Å². The number of nitrogens with zero attached hydrogens (tertiary/aromatic N) is 1. The molecule has 0 radical (unpaired) electrons. The van der Waals surface area contributed by atoms with Crippen molar-refractivity contribution in [1.29, 1.82) is 0 Å². The minimum absolute atomic E-state index is 0.159. The summed E-state index contributed by atoms with van der Waals surface area (Å²) in [7, 11) is -3.61. The Hall–Kier alpha value is -2.42. The van der Waals surface area contributed by atoms with Crippen molar-refractivity contribution >= 4 is 27.3 Å². The number of carbonyl (C=O) groups excluding carboxylic acids is 1. The van der Waals surface area contributed by atoms with Gasteiger partial charge in [-0.15, -0.1) is 0 Å². The number of anilines is 2. The first kappa shape index (κ1) is 21.3. The van der Waals surface area contributed by atoms with Crippen LogP contribution in [0.2, 0.25) is 0 Å². The molecule has 0 bridgehead atoms. The Morgan fingerprint density at radius 1 is 1.03 bits per heavy atom. The van der Waals surface area contributed by atoms with Crippen molar-refractivity contribution in [2.45, 2.75) is 31.7 Å². The molecule has 1 aliphatic rings. The minimum Gasteiger partial charge on any atom is -0.379 e. The lowest BCUT2D eigenvalue weighted by molar-refractivity contribution is -0.116. The number of aryl methyl sites for hydroxylation is 2. The van der Waals surface area contributed by atoms with Crippen LogP contribution in [0.25, 0.3) is 0 Å². The molecular weight excluding hydrogens is 390 g/mol. The summed E-state index contributed by atoms with van der Waals surface area (Å²) in [6.07, 6.45) is 0. The van der Waals surface area contributed by atoms with Gasteiger partial charge in [-0.25, -0.2) is 8.42 Å². The third-order valence-corrected chi connectivity index (χ3v) is 6.89. The van der Waals surface area contributed by atoms with Gasteiger partial charge in [0.2, 0.25) is 15.9 Å². The van der Waals surface area contributed by atoms with E-state index in [0.29, 0.717) is 32.0 Å². The lowest BCUT2D eigenvalue weighted by atomic mass is 10.1. The molecule has 156 valence electrons. The summed E-state index contributed by atoms with van der Waals surface area (Å²) in [5, 5.41) is 5.97. The van der Waals surface area contributed by atoms with Gasteiger partial charge in [-0.2, -0.15) is 4.31 Å². The SMILES string of the molecule is Cc1ccc(N[C@H](C)C(=O)Nc2cccc(S(=O)(=O)N3CCOCC3)c2)cc1C. The van der Waals surface area contributed by atoms with Crippen molar-refractivity contribution in [3.05, 3.63) is 53.6 Å². The lowest BCUT2D eigenvalue weighted by Crippen LogP contribution is -2.40. The molecule has 0 unspecified atom stereocenters. The highest BCUT2D eigenvalue weighted by Gasteiger charge is 2.26. The van der Waals surface area contributed by atoms with Gasteiger partial charge in [0.1, 0.15) is 6.04 Å². The molecular formula is C21H27N3O4S. The van der Waals surface area contributed by atoms with Crippen molar-refractivity contribution in [3.8, 4) is 0 Å². The fraction of sp³-hybridized carbons (Fsp3) is 0.381. The molecule has 1 saturated heterocycles.